The van der Waals surface area contributed by atoms with Crippen LogP contribution in [0.3, 0.4) is 0 Å². The molecule has 1 aromatic heterocycles. The Morgan fingerprint density at radius 3 is 2.89 bits per heavy atom. The number of thiophene rings is 1. The van der Waals surface area contributed by atoms with E-state index in [0.717, 1.165) is 9.78 Å². The lowest BCUT2D eigenvalue weighted by atomic mass is 9.98. The van der Waals surface area contributed by atoms with Crippen molar-refractivity contribution >= 4 is 47.1 Å². The maximum Gasteiger partial charge on any atom is 0.353 e. The van der Waals surface area contributed by atoms with Gasteiger partial charge in [0, 0.05) is 23.3 Å². The van der Waals surface area contributed by atoms with E-state index in [0.29, 0.717) is 5.57 Å². The fourth-order valence-electron chi connectivity index (χ4n) is 2.94. The van der Waals surface area contributed by atoms with Gasteiger partial charge >= 0.3 is 5.97 Å². The molecule has 0 spiro atoms. The first kappa shape index (κ1) is 19.4. The molecule has 0 radical (unpaired) electrons. The smallest absolute Gasteiger partial charge is 0.353 e. The number of hydrogen-bond acceptors (Lipinski definition) is 8. The molecule has 144 valence electrons. The lowest BCUT2D eigenvalue weighted by Crippen LogP contribution is -2.80. The number of β-lactam (4-membered cyclic amide) rings is 1. The largest absolute Gasteiger partial charge is 0.477 e. The zero-order valence-electron chi connectivity index (χ0n) is 14.5. The number of amides is 2. The highest BCUT2D eigenvalue weighted by Crippen LogP contribution is 2.46. The highest BCUT2D eigenvalue weighted by Gasteiger charge is 2.66. The zero-order chi connectivity index (χ0) is 19.6. The lowest BCUT2D eigenvalue weighted by molar-refractivity contribution is -0.192. The molecule has 1 saturated heterocycles. The number of thioether (sulfide) groups is 1. The summed E-state index contributed by atoms with van der Waals surface area (Å²) in [6.07, 6.45) is 1.38. The summed E-state index contributed by atoms with van der Waals surface area (Å²) >= 11 is 2.71. The number of carbonyl (C=O) groups excluding carboxylic acids is 2. The fourth-order valence-corrected chi connectivity index (χ4v) is 5.03. The van der Waals surface area contributed by atoms with Crippen LogP contribution >= 0.6 is 23.1 Å². The first-order valence-corrected chi connectivity index (χ1v) is 9.74. The molecule has 11 heteroatoms. The number of ether oxygens (including phenoxy) is 1. The van der Waals surface area contributed by atoms with Crippen LogP contribution in [0.25, 0.3) is 0 Å². The molecule has 27 heavy (non-hydrogen) atoms. The Hall–Kier alpha value is -2.37. The van der Waals surface area contributed by atoms with Crippen molar-refractivity contribution in [3.05, 3.63) is 33.7 Å². The Balaban J connectivity index is 1.84. The minimum atomic E-state index is -1.59. The van der Waals surface area contributed by atoms with Crippen molar-refractivity contribution in [1.29, 1.82) is 0 Å². The van der Waals surface area contributed by atoms with E-state index < -0.39 is 23.0 Å². The Kier molecular flexibility index (Phi) is 5.53. The molecule has 2 amide bonds. The van der Waals surface area contributed by atoms with Gasteiger partial charge in [-0.15, -0.1) is 23.1 Å². The van der Waals surface area contributed by atoms with Crippen LogP contribution in [0.2, 0.25) is 0 Å². The van der Waals surface area contributed by atoms with E-state index in [1.165, 1.54) is 43.5 Å². The third-order valence-corrected chi connectivity index (χ3v) is 6.35. The number of methoxy groups -OCH3 is 1. The van der Waals surface area contributed by atoms with E-state index in [1.807, 2.05) is 17.5 Å². The molecule has 0 unspecified atom stereocenters. The molecule has 2 atom stereocenters. The highest BCUT2D eigenvalue weighted by atomic mass is 32.2. The van der Waals surface area contributed by atoms with Gasteiger partial charge in [-0.1, -0.05) is 11.2 Å². The topological polar surface area (TPSA) is 118 Å². The number of rotatable bonds is 7. The third-order valence-electron chi connectivity index (χ3n) is 4.14. The summed E-state index contributed by atoms with van der Waals surface area (Å²) in [5.41, 5.74) is -1.44. The number of aliphatic carboxylic acids is 1. The van der Waals surface area contributed by atoms with Gasteiger partial charge in [-0.2, -0.15) is 0 Å². The van der Waals surface area contributed by atoms with Gasteiger partial charge < -0.3 is 20.0 Å². The van der Waals surface area contributed by atoms with E-state index in [4.69, 9.17) is 4.74 Å². The van der Waals surface area contributed by atoms with E-state index in [-0.39, 0.29) is 23.8 Å². The fraction of sp³-hybridized carbons (Fsp3) is 0.375. The molecule has 0 aliphatic carbocycles. The molecule has 3 heterocycles. The summed E-state index contributed by atoms with van der Waals surface area (Å²) < 4.78 is 5.38. The standard InChI is InChI=1S/C16H17N3O6S2/c1-24-16(18-11(20)6-10-4-3-5-26-10)14(23)19-12(13(21)22)9(7-17-25-2)8-27-15(16)19/h3-5,7,15H,6,8H2,1-2H3,(H,18,20)(H,21,22)/b17-7+/t15-,16+/m1/s1. The summed E-state index contributed by atoms with van der Waals surface area (Å²) in [4.78, 5) is 43.5. The summed E-state index contributed by atoms with van der Waals surface area (Å²) in [5, 5.41) is 17.0. The Bertz CT molecular complexity index is 822. The quantitative estimate of drug-likeness (QED) is 0.293. The van der Waals surface area contributed by atoms with Crippen molar-refractivity contribution in [2.75, 3.05) is 20.0 Å². The van der Waals surface area contributed by atoms with Crippen LogP contribution in [0.4, 0.5) is 0 Å². The first-order chi connectivity index (χ1) is 12.9. The highest BCUT2D eigenvalue weighted by molar-refractivity contribution is 8.00. The summed E-state index contributed by atoms with van der Waals surface area (Å²) in [6, 6.07) is 3.65. The van der Waals surface area contributed by atoms with Crippen LogP contribution in [0.5, 0.6) is 0 Å². The van der Waals surface area contributed by atoms with Gasteiger partial charge in [-0.3, -0.25) is 14.5 Å². The van der Waals surface area contributed by atoms with E-state index in [1.54, 1.807) is 0 Å². The van der Waals surface area contributed by atoms with Crippen molar-refractivity contribution in [2.24, 2.45) is 5.16 Å². The van der Waals surface area contributed by atoms with Crippen LogP contribution in [0, 0.1) is 0 Å². The van der Waals surface area contributed by atoms with Gasteiger partial charge in [0.1, 0.15) is 18.2 Å². The van der Waals surface area contributed by atoms with E-state index in [9.17, 15) is 19.5 Å². The van der Waals surface area contributed by atoms with E-state index >= 15 is 0 Å². The minimum Gasteiger partial charge on any atom is -0.477 e. The number of carboxylic acid groups (broad SMARTS) is 1. The van der Waals surface area contributed by atoms with Crippen LogP contribution in [0.15, 0.2) is 33.9 Å². The molecule has 1 fully saturated rings. The van der Waals surface area contributed by atoms with Crippen molar-refractivity contribution in [3.63, 3.8) is 0 Å². The average molecular weight is 411 g/mol. The minimum absolute atomic E-state index is 0.112. The van der Waals surface area contributed by atoms with Crippen molar-refractivity contribution in [2.45, 2.75) is 17.5 Å². The van der Waals surface area contributed by atoms with Gasteiger partial charge in [0.05, 0.1) is 12.6 Å². The number of nitrogens with zero attached hydrogens (tertiary/aromatic N) is 2. The molecule has 3 rings (SSSR count). The average Bonchev–Trinajstić information content (AvgIpc) is 3.15. The van der Waals surface area contributed by atoms with Gasteiger partial charge in [0.25, 0.3) is 11.6 Å². The molecule has 2 aliphatic rings. The Morgan fingerprint density at radius 2 is 2.30 bits per heavy atom. The summed E-state index contributed by atoms with van der Waals surface area (Å²) in [7, 11) is 2.65. The zero-order valence-corrected chi connectivity index (χ0v) is 16.1. The van der Waals surface area contributed by atoms with Gasteiger partial charge in [-0.05, 0) is 11.4 Å². The molecule has 2 N–H and O–H groups in total. The molecular weight excluding hydrogens is 394 g/mol. The van der Waals surface area contributed by atoms with Gasteiger partial charge in [0.15, 0.2) is 0 Å². The van der Waals surface area contributed by atoms with Gasteiger partial charge in [0.2, 0.25) is 5.91 Å². The number of nitrogens with one attached hydrogen (secondary N) is 1. The maximum absolute atomic E-state index is 12.8. The first-order valence-electron chi connectivity index (χ1n) is 7.81. The van der Waals surface area contributed by atoms with Crippen molar-refractivity contribution in [1.82, 2.24) is 10.2 Å². The van der Waals surface area contributed by atoms with E-state index in [2.05, 4.69) is 15.3 Å². The number of carboxylic acids is 1. The number of carbonyl (C=O) groups is 3. The van der Waals surface area contributed by atoms with Crippen LogP contribution in [-0.4, -0.2) is 65.1 Å². The number of hydrogen-bond donors (Lipinski definition) is 2. The molecule has 1 aromatic rings. The second-order valence-electron chi connectivity index (χ2n) is 5.68. The SMILES string of the molecule is CO/N=C/C1=C(C(=O)O)N2C(=O)[C@](NC(=O)Cc3cccs3)(OC)[C@H]2SC1. The molecule has 0 aromatic carbocycles. The molecular formula is C16H17N3O6S2. The second kappa shape index (κ2) is 7.71. The number of oxime groups is 1. The van der Waals surface area contributed by atoms with Crippen LogP contribution < -0.4 is 5.32 Å². The molecule has 0 saturated carbocycles. The molecule has 2 aliphatic heterocycles. The monoisotopic (exact) mass is 411 g/mol. The summed E-state index contributed by atoms with van der Waals surface area (Å²) in [6.45, 7) is 0. The van der Waals surface area contributed by atoms with Crippen LogP contribution in [0.1, 0.15) is 4.88 Å². The Labute approximate surface area is 163 Å². The van der Waals surface area contributed by atoms with Gasteiger partial charge in [-0.25, -0.2) is 4.79 Å². The van der Waals surface area contributed by atoms with Crippen molar-refractivity contribution < 1.29 is 29.1 Å². The Morgan fingerprint density at radius 1 is 1.52 bits per heavy atom. The van der Waals surface area contributed by atoms with Crippen molar-refractivity contribution in [3.8, 4) is 0 Å². The second-order valence-corrected chi connectivity index (χ2v) is 7.78. The number of fused-ring (bicyclic) bond motifs is 1. The summed E-state index contributed by atoms with van der Waals surface area (Å²) in [5.74, 6) is -2.00. The lowest BCUT2D eigenvalue weighted by Gasteiger charge is -2.55. The third kappa shape index (κ3) is 3.33. The van der Waals surface area contributed by atoms with Crippen LogP contribution in [-0.2, 0) is 30.4 Å². The molecule has 9 nitrogen and oxygen atoms in total. The molecule has 0 bridgehead atoms. The predicted octanol–water partition coefficient (Wildman–Crippen LogP) is 0.636. The predicted molar refractivity (Wildman–Crippen MR) is 99.2 cm³/mol. The normalized spacial score (nSPS) is 24.6. The maximum atomic E-state index is 12.8.